The predicted molar refractivity (Wildman–Crippen MR) is 297 cm³/mol. The van der Waals surface area contributed by atoms with Gasteiger partial charge >= 0.3 is 11.9 Å². The zero-order chi connectivity index (χ0) is 51.2. The number of hydrogen-bond acceptors (Lipinski definition) is 9. The molecule has 1 unspecified atom stereocenters. The van der Waals surface area contributed by atoms with Crippen LogP contribution in [0, 0.1) is 11.4 Å². The second kappa shape index (κ2) is 54.2. The number of hydrogen-bond donors (Lipinski definition) is 5. The van der Waals surface area contributed by atoms with Crippen LogP contribution in [0.1, 0.15) is 290 Å². The summed E-state index contributed by atoms with van der Waals surface area (Å²) in [7, 11) is 1.71. The number of nitrogens with zero attached hydrogens (tertiary/aromatic N) is 1. The molecule has 0 heterocycles. The lowest BCUT2D eigenvalue weighted by Crippen LogP contribution is -2.48. The van der Waals surface area contributed by atoms with Crippen molar-refractivity contribution in [2.45, 2.75) is 296 Å². The summed E-state index contributed by atoms with van der Waals surface area (Å²) in [6.45, 7) is 5.10. The van der Waals surface area contributed by atoms with Crippen LogP contribution >= 0.6 is 11.8 Å². The summed E-state index contributed by atoms with van der Waals surface area (Å²) in [6, 6.07) is -0.692. The molecule has 0 aromatic rings. The summed E-state index contributed by atoms with van der Waals surface area (Å²) >= 11 is 1.57. The van der Waals surface area contributed by atoms with Crippen molar-refractivity contribution in [2.75, 3.05) is 31.7 Å². The van der Waals surface area contributed by atoms with E-state index in [2.05, 4.69) is 34.9 Å². The van der Waals surface area contributed by atoms with Gasteiger partial charge < -0.3 is 25.8 Å². The standard InChI is InChI=1S/C58H111N5O6S/c1-4-6-7-8-9-10-11-13-17-23-28-33-38-44-55(64)62-54(58(68)61-50-53(63-59)49-60-3)51-70-48-41-47-69-57(67)46-40-35-30-25-20-19-22-27-32-37-43-52(5-2)42-36-31-26-21-16-14-12-15-18-24-29-34-39-45-56(65)66/h49,52,54,59-60H,4-48,50-51H2,1-3H3,(H,61,68)(H,62,64)(H,65,66)/b53-49-,63-59?/t52?,54-/m0/s1. The number of unbranched alkanes of at least 4 members (excludes halogenated alkanes) is 33. The van der Waals surface area contributed by atoms with Crippen LogP contribution in [-0.2, 0) is 23.9 Å². The zero-order valence-electron chi connectivity index (χ0n) is 45.8. The quantitative estimate of drug-likeness (QED) is 0.0228. The predicted octanol–water partition coefficient (Wildman–Crippen LogP) is 16.5. The van der Waals surface area contributed by atoms with E-state index in [0.717, 1.165) is 50.9 Å². The number of thioether (sulfide) groups is 1. The molecule has 2 amide bonds. The normalized spacial score (nSPS) is 12.4. The van der Waals surface area contributed by atoms with E-state index in [1.165, 1.54) is 205 Å². The van der Waals surface area contributed by atoms with Gasteiger partial charge in [0.2, 0.25) is 11.8 Å². The van der Waals surface area contributed by atoms with Gasteiger partial charge in [0.05, 0.1) is 18.8 Å². The summed E-state index contributed by atoms with van der Waals surface area (Å²) in [4.78, 5) is 48.9. The van der Waals surface area contributed by atoms with Gasteiger partial charge in [0.1, 0.15) is 6.04 Å². The number of aliphatic carboxylic acids is 1. The topological polar surface area (TPSA) is 170 Å². The third-order valence-corrected chi connectivity index (χ3v) is 15.0. The molecule has 0 radical (unpaired) electrons. The van der Waals surface area contributed by atoms with Crippen molar-refractivity contribution in [1.29, 1.82) is 5.53 Å². The molecule has 0 aromatic heterocycles. The Hall–Kier alpha value is -2.63. The van der Waals surface area contributed by atoms with Crippen LogP contribution in [0.25, 0.3) is 0 Å². The summed E-state index contributed by atoms with van der Waals surface area (Å²) in [5.74, 6) is 0.835. The maximum Gasteiger partial charge on any atom is 0.305 e. The Kier molecular flexibility index (Phi) is 52.1. The minimum Gasteiger partial charge on any atom is -0.481 e. The molecule has 70 heavy (non-hydrogen) atoms. The number of carboxylic acid groups (broad SMARTS) is 1. The molecule has 0 aliphatic rings. The Balaban J connectivity index is 3.94. The molecular formula is C58H111N5O6S. The van der Waals surface area contributed by atoms with Crippen molar-refractivity contribution in [2.24, 2.45) is 11.0 Å². The van der Waals surface area contributed by atoms with Gasteiger partial charge in [0.15, 0.2) is 0 Å². The fraction of sp³-hybridized carbons (Fsp3) is 0.897. The summed E-state index contributed by atoms with van der Waals surface area (Å²) in [5, 5.41) is 20.7. The first-order valence-electron chi connectivity index (χ1n) is 29.5. The van der Waals surface area contributed by atoms with E-state index >= 15 is 0 Å². The molecule has 410 valence electrons. The molecule has 0 saturated heterocycles. The Labute approximate surface area is 434 Å². The van der Waals surface area contributed by atoms with E-state index in [1.54, 1.807) is 25.0 Å². The highest BCUT2D eigenvalue weighted by molar-refractivity contribution is 7.99. The first-order chi connectivity index (χ1) is 34.3. The number of esters is 1. The van der Waals surface area contributed by atoms with E-state index in [9.17, 15) is 19.2 Å². The van der Waals surface area contributed by atoms with Crippen molar-refractivity contribution in [3.63, 3.8) is 0 Å². The maximum atomic E-state index is 13.1. The molecular weight excluding hydrogens is 895 g/mol. The highest BCUT2D eigenvalue weighted by Gasteiger charge is 2.21. The molecule has 0 rings (SSSR count). The van der Waals surface area contributed by atoms with E-state index in [4.69, 9.17) is 15.4 Å². The Morgan fingerprint density at radius 1 is 0.571 bits per heavy atom. The number of rotatable bonds is 56. The van der Waals surface area contributed by atoms with Gasteiger partial charge in [-0.25, -0.2) is 5.53 Å². The van der Waals surface area contributed by atoms with Crippen molar-refractivity contribution in [1.82, 2.24) is 16.0 Å². The molecule has 5 N–H and O–H groups in total. The first kappa shape index (κ1) is 67.4. The first-order valence-corrected chi connectivity index (χ1v) is 30.7. The third-order valence-electron chi connectivity index (χ3n) is 13.9. The van der Waals surface area contributed by atoms with Gasteiger partial charge in [-0.15, -0.1) is 0 Å². The summed E-state index contributed by atoms with van der Waals surface area (Å²) in [6.07, 6.45) is 53.0. The smallest absolute Gasteiger partial charge is 0.305 e. The van der Waals surface area contributed by atoms with Crippen LogP contribution in [0.4, 0.5) is 0 Å². The van der Waals surface area contributed by atoms with Crippen molar-refractivity contribution in [3.05, 3.63) is 11.9 Å². The average molecular weight is 1010 g/mol. The van der Waals surface area contributed by atoms with Gasteiger partial charge in [-0.3, -0.25) is 19.2 Å². The van der Waals surface area contributed by atoms with Gasteiger partial charge in [0, 0.05) is 38.3 Å². The Morgan fingerprint density at radius 2 is 0.986 bits per heavy atom. The molecule has 2 atom stereocenters. The minimum atomic E-state index is -0.692. The van der Waals surface area contributed by atoms with Crippen LogP contribution in [0.3, 0.4) is 0 Å². The number of nitrogens with one attached hydrogen (secondary N) is 4. The molecule has 0 bridgehead atoms. The molecule has 0 saturated carbocycles. The highest BCUT2D eigenvalue weighted by atomic mass is 32.2. The zero-order valence-corrected chi connectivity index (χ0v) is 46.6. The molecule has 0 fully saturated rings. The van der Waals surface area contributed by atoms with E-state index < -0.39 is 12.0 Å². The van der Waals surface area contributed by atoms with Gasteiger partial charge in [-0.2, -0.15) is 16.9 Å². The lowest BCUT2D eigenvalue weighted by atomic mass is 9.92. The van der Waals surface area contributed by atoms with Gasteiger partial charge in [-0.05, 0) is 37.4 Å². The second-order valence-corrected chi connectivity index (χ2v) is 21.5. The monoisotopic (exact) mass is 1010 g/mol. The molecule has 0 aliphatic carbocycles. The number of amides is 2. The molecule has 0 spiro atoms. The van der Waals surface area contributed by atoms with Gasteiger partial charge in [0.25, 0.3) is 0 Å². The molecule has 12 heteroatoms. The van der Waals surface area contributed by atoms with Gasteiger partial charge in [-0.1, -0.05) is 245 Å². The fourth-order valence-corrected chi connectivity index (χ4v) is 10.2. The number of carboxylic acids is 1. The summed E-state index contributed by atoms with van der Waals surface area (Å²) < 4.78 is 5.50. The second-order valence-electron chi connectivity index (χ2n) is 20.4. The van der Waals surface area contributed by atoms with Crippen LogP contribution in [0.15, 0.2) is 17.0 Å². The van der Waals surface area contributed by atoms with Crippen LogP contribution in [-0.4, -0.2) is 66.6 Å². The summed E-state index contributed by atoms with van der Waals surface area (Å²) in [5.41, 5.74) is 7.72. The average Bonchev–Trinajstić information content (AvgIpc) is 3.35. The number of carbonyl (C=O) groups excluding carboxylic acids is 3. The van der Waals surface area contributed by atoms with Crippen LogP contribution in [0.2, 0.25) is 0 Å². The van der Waals surface area contributed by atoms with Crippen LogP contribution < -0.4 is 16.0 Å². The number of ether oxygens (including phenoxy) is 1. The largest absolute Gasteiger partial charge is 0.481 e. The van der Waals surface area contributed by atoms with E-state index in [1.807, 2.05) is 0 Å². The SMILES string of the molecule is CCCCCCCCCCCCCCCC(=O)N[C@@H](CSCCCOC(=O)CCCCCCCCCCCCC(CC)CCCCCCCCCCCCCCCC(=O)O)C(=O)NC/C(=C/NC)N=N. The van der Waals surface area contributed by atoms with E-state index in [0.29, 0.717) is 49.5 Å². The minimum absolute atomic E-state index is 0.0997. The van der Waals surface area contributed by atoms with Crippen molar-refractivity contribution >= 4 is 35.5 Å². The highest BCUT2D eigenvalue weighted by Crippen LogP contribution is 2.23. The van der Waals surface area contributed by atoms with Crippen LogP contribution in [0.5, 0.6) is 0 Å². The lowest BCUT2D eigenvalue weighted by Gasteiger charge is -2.18. The van der Waals surface area contributed by atoms with E-state index in [-0.39, 0.29) is 24.3 Å². The Morgan fingerprint density at radius 3 is 1.40 bits per heavy atom. The maximum absolute atomic E-state index is 13.1. The molecule has 0 aromatic carbocycles. The molecule has 0 aliphatic heterocycles. The van der Waals surface area contributed by atoms with Crippen molar-refractivity contribution < 1.29 is 29.0 Å². The van der Waals surface area contributed by atoms with Crippen molar-refractivity contribution in [3.8, 4) is 0 Å². The fourth-order valence-electron chi connectivity index (χ4n) is 9.29. The lowest BCUT2D eigenvalue weighted by molar-refractivity contribution is -0.143. The molecule has 11 nitrogen and oxygen atoms in total. The Bertz CT molecular complexity index is 1250. The number of carbonyl (C=O) groups is 4. The third kappa shape index (κ3) is 49.0.